The van der Waals surface area contributed by atoms with Gasteiger partial charge >= 0.3 is 0 Å². The van der Waals surface area contributed by atoms with Gasteiger partial charge in [-0.05, 0) is 73.2 Å². The third-order valence-electron chi connectivity index (χ3n) is 6.05. The number of amides is 1. The number of morpholine rings is 1. The molecule has 194 valence electrons. The van der Waals surface area contributed by atoms with E-state index in [2.05, 4.69) is 20.8 Å². The largest absolute Gasteiger partial charge is 0.378 e. The van der Waals surface area contributed by atoms with Gasteiger partial charge in [0, 0.05) is 30.4 Å². The van der Waals surface area contributed by atoms with Crippen molar-refractivity contribution in [2.24, 2.45) is 0 Å². The summed E-state index contributed by atoms with van der Waals surface area (Å²) in [6.45, 7) is 3.86. The first kappa shape index (κ1) is 25.2. The SMILES string of the molecule is Cc1cc2nn(-c3ccc(F)cc3)nc2cc1NC(=S)NC(=O)c1ccc(N2CCOCC2)c([N+](=O)[O-])c1. The van der Waals surface area contributed by atoms with E-state index in [1.54, 1.807) is 24.3 Å². The average Bonchev–Trinajstić information content (AvgIpc) is 3.32. The van der Waals surface area contributed by atoms with Crippen LogP contribution in [0.3, 0.4) is 0 Å². The molecule has 0 bridgehead atoms. The van der Waals surface area contributed by atoms with Crippen molar-refractivity contribution in [1.82, 2.24) is 20.3 Å². The molecule has 0 radical (unpaired) electrons. The number of nitrogens with one attached hydrogen (secondary N) is 2. The lowest BCUT2D eigenvalue weighted by Crippen LogP contribution is -2.37. The molecule has 0 unspecified atom stereocenters. The normalized spacial score (nSPS) is 13.4. The van der Waals surface area contributed by atoms with Crippen molar-refractivity contribution in [2.75, 3.05) is 36.5 Å². The van der Waals surface area contributed by atoms with Crippen molar-refractivity contribution in [1.29, 1.82) is 0 Å². The summed E-state index contributed by atoms with van der Waals surface area (Å²) in [5.41, 5.74) is 3.56. The van der Waals surface area contributed by atoms with Crippen LogP contribution < -0.4 is 15.5 Å². The van der Waals surface area contributed by atoms with Gasteiger partial charge in [-0.15, -0.1) is 10.2 Å². The molecule has 1 fully saturated rings. The number of ether oxygens (including phenoxy) is 1. The third kappa shape index (κ3) is 5.28. The number of nitrogens with zero attached hydrogens (tertiary/aromatic N) is 5. The summed E-state index contributed by atoms with van der Waals surface area (Å²) in [6.07, 6.45) is 0. The minimum Gasteiger partial charge on any atom is -0.378 e. The first-order chi connectivity index (χ1) is 18.3. The summed E-state index contributed by atoms with van der Waals surface area (Å²) in [6, 6.07) is 13.7. The van der Waals surface area contributed by atoms with E-state index in [9.17, 15) is 19.3 Å². The van der Waals surface area contributed by atoms with Gasteiger partial charge in [-0.2, -0.15) is 4.80 Å². The maximum atomic E-state index is 13.2. The Labute approximate surface area is 221 Å². The highest BCUT2D eigenvalue weighted by atomic mass is 32.1. The van der Waals surface area contributed by atoms with Gasteiger partial charge in [0.15, 0.2) is 5.11 Å². The number of carbonyl (C=O) groups is 1. The fourth-order valence-corrected chi connectivity index (χ4v) is 4.31. The van der Waals surface area contributed by atoms with Crippen LogP contribution in [0.2, 0.25) is 0 Å². The maximum Gasteiger partial charge on any atom is 0.293 e. The summed E-state index contributed by atoms with van der Waals surface area (Å²) in [5.74, 6) is -0.939. The van der Waals surface area contributed by atoms with Gasteiger partial charge in [0.1, 0.15) is 22.5 Å². The summed E-state index contributed by atoms with van der Waals surface area (Å²) in [7, 11) is 0. The molecule has 1 aliphatic heterocycles. The second-order valence-electron chi connectivity index (χ2n) is 8.59. The van der Waals surface area contributed by atoms with Crippen LogP contribution in [0.1, 0.15) is 15.9 Å². The Morgan fingerprint density at radius 3 is 2.45 bits per heavy atom. The molecule has 0 spiro atoms. The summed E-state index contributed by atoms with van der Waals surface area (Å²) in [5, 5.41) is 26.1. The van der Waals surface area contributed by atoms with Crippen LogP contribution in [0.25, 0.3) is 16.7 Å². The number of hydrogen-bond donors (Lipinski definition) is 2. The number of halogens is 1. The van der Waals surface area contributed by atoms with Gasteiger partial charge in [0.25, 0.3) is 11.6 Å². The molecule has 1 aliphatic rings. The van der Waals surface area contributed by atoms with E-state index in [0.717, 1.165) is 5.56 Å². The molecule has 11 nitrogen and oxygen atoms in total. The minimum absolute atomic E-state index is 0.0169. The van der Waals surface area contributed by atoms with Gasteiger partial charge in [-0.3, -0.25) is 20.2 Å². The van der Waals surface area contributed by atoms with E-state index >= 15 is 0 Å². The fraction of sp³-hybridized carbons (Fsp3) is 0.200. The molecule has 4 aromatic rings. The first-order valence-electron chi connectivity index (χ1n) is 11.7. The van der Waals surface area contributed by atoms with Crippen molar-refractivity contribution in [2.45, 2.75) is 6.92 Å². The van der Waals surface area contributed by atoms with E-state index in [1.807, 2.05) is 17.9 Å². The van der Waals surface area contributed by atoms with Crippen molar-refractivity contribution < 1.29 is 18.8 Å². The Bertz CT molecular complexity index is 1550. The predicted octanol–water partition coefficient (Wildman–Crippen LogP) is 3.74. The molecule has 0 saturated carbocycles. The van der Waals surface area contributed by atoms with Crippen LogP contribution in [0.4, 0.5) is 21.5 Å². The zero-order chi connectivity index (χ0) is 26.8. The molecule has 38 heavy (non-hydrogen) atoms. The van der Waals surface area contributed by atoms with Gasteiger partial charge < -0.3 is 15.0 Å². The van der Waals surface area contributed by atoms with Crippen molar-refractivity contribution in [3.8, 4) is 5.69 Å². The number of thiocarbonyl (C=S) groups is 1. The summed E-state index contributed by atoms with van der Waals surface area (Å²) >= 11 is 5.33. The second-order valence-corrected chi connectivity index (χ2v) is 9.00. The molecule has 13 heteroatoms. The van der Waals surface area contributed by atoms with Crippen LogP contribution in [-0.2, 0) is 4.74 Å². The number of nitro benzene ring substituents is 1. The number of carbonyl (C=O) groups excluding carboxylic acids is 1. The van der Waals surface area contributed by atoms with Crippen LogP contribution in [-0.4, -0.2) is 57.2 Å². The smallest absolute Gasteiger partial charge is 0.293 e. The number of hydrogen-bond acceptors (Lipinski definition) is 8. The van der Waals surface area contributed by atoms with Crippen molar-refractivity contribution >= 4 is 51.3 Å². The number of aryl methyl sites for hydroxylation is 1. The highest BCUT2D eigenvalue weighted by Crippen LogP contribution is 2.30. The lowest BCUT2D eigenvalue weighted by Gasteiger charge is -2.28. The lowest BCUT2D eigenvalue weighted by atomic mass is 10.1. The van der Waals surface area contributed by atoms with E-state index in [1.165, 1.54) is 29.1 Å². The van der Waals surface area contributed by atoms with Crippen LogP contribution >= 0.6 is 12.2 Å². The molecular formula is C25H22FN7O4S. The average molecular weight is 536 g/mol. The van der Waals surface area contributed by atoms with Crippen molar-refractivity contribution in [3.05, 3.63) is 81.7 Å². The van der Waals surface area contributed by atoms with E-state index in [4.69, 9.17) is 17.0 Å². The highest BCUT2D eigenvalue weighted by molar-refractivity contribution is 7.80. The molecule has 2 heterocycles. The third-order valence-corrected chi connectivity index (χ3v) is 6.25. The number of benzene rings is 3. The van der Waals surface area contributed by atoms with E-state index in [0.29, 0.717) is 54.4 Å². The van der Waals surface area contributed by atoms with E-state index in [-0.39, 0.29) is 22.2 Å². The van der Waals surface area contributed by atoms with Crippen LogP contribution in [0.5, 0.6) is 0 Å². The molecule has 1 amide bonds. The molecule has 2 N–H and O–H groups in total. The Kier molecular flexibility index (Phi) is 6.94. The molecule has 5 rings (SSSR count). The topological polar surface area (TPSA) is 127 Å². The monoisotopic (exact) mass is 535 g/mol. The Morgan fingerprint density at radius 2 is 1.76 bits per heavy atom. The molecule has 3 aromatic carbocycles. The number of anilines is 2. The predicted molar refractivity (Wildman–Crippen MR) is 143 cm³/mol. The van der Waals surface area contributed by atoms with Gasteiger partial charge in [0.2, 0.25) is 0 Å². The van der Waals surface area contributed by atoms with Crippen molar-refractivity contribution in [3.63, 3.8) is 0 Å². The minimum atomic E-state index is -0.583. The van der Waals surface area contributed by atoms with Crippen LogP contribution in [0.15, 0.2) is 54.6 Å². The van der Waals surface area contributed by atoms with E-state index < -0.39 is 10.8 Å². The van der Waals surface area contributed by atoms with Crippen LogP contribution in [0, 0.1) is 22.9 Å². The number of aromatic nitrogens is 3. The van der Waals surface area contributed by atoms with Gasteiger partial charge in [0.05, 0.1) is 23.8 Å². The molecule has 1 aromatic heterocycles. The van der Waals surface area contributed by atoms with Gasteiger partial charge in [-0.1, -0.05) is 0 Å². The Balaban J connectivity index is 1.31. The standard InChI is InChI=1S/C25H22FN7O4S/c1-15-12-20-21(30-32(29-20)18-5-3-17(26)4-6-18)14-19(15)27-25(38)28-24(34)16-2-7-22(23(13-16)33(35)36)31-8-10-37-11-9-31/h2-7,12-14H,8-11H2,1H3,(H2,27,28,34,38). The molecule has 0 atom stereocenters. The number of nitro groups is 1. The zero-order valence-electron chi connectivity index (χ0n) is 20.2. The first-order valence-corrected chi connectivity index (χ1v) is 12.1. The lowest BCUT2D eigenvalue weighted by molar-refractivity contribution is -0.384. The van der Waals surface area contributed by atoms with Gasteiger partial charge in [-0.25, -0.2) is 4.39 Å². The summed E-state index contributed by atoms with van der Waals surface area (Å²) in [4.78, 5) is 27.3. The molecule has 1 saturated heterocycles. The quantitative estimate of drug-likeness (QED) is 0.223. The molecular weight excluding hydrogens is 513 g/mol. The maximum absolute atomic E-state index is 13.2. The highest BCUT2D eigenvalue weighted by Gasteiger charge is 2.23. The Hall–Kier alpha value is -4.49. The Morgan fingerprint density at radius 1 is 1.08 bits per heavy atom. The zero-order valence-corrected chi connectivity index (χ0v) is 21.0. The second kappa shape index (κ2) is 10.5. The molecule has 0 aliphatic carbocycles. The fourth-order valence-electron chi connectivity index (χ4n) is 4.10. The number of fused-ring (bicyclic) bond motifs is 1. The number of rotatable bonds is 5. The summed E-state index contributed by atoms with van der Waals surface area (Å²) < 4.78 is 18.6.